The highest BCUT2D eigenvalue weighted by Crippen LogP contribution is 2.10. The van der Waals surface area contributed by atoms with E-state index in [4.69, 9.17) is 4.74 Å². The van der Waals surface area contributed by atoms with Crippen molar-refractivity contribution in [2.24, 2.45) is 4.99 Å². The first kappa shape index (κ1) is 9.30. The molecule has 1 fully saturated rings. The van der Waals surface area contributed by atoms with Gasteiger partial charge in [-0.1, -0.05) is 0 Å². The lowest BCUT2D eigenvalue weighted by Crippen LogP contribution is -2.50. The molecule has 5 nitrogen and oxygen atoms in total. The van der Waals surface area contributed by atoms with Gasteiger partial charge in [0.15, 0.2) is 0 Å². The molecule has 78 valence electrons. The van der Waals surface area contributed by atoms with Gasteiger partial charge in [0.2, 0.25) is 0 Å². The zero-order valence-electron chi connectivity index (χ0n) is 8.40. The Labute approximate surface area is 83.3 Å². The van der Waals surface area contributed by atoms with Crippen molar-refractivity contribution in [1.29, 1.82) is 0 Å². The number of fused-ring (bicyclic) bond motifs is 1. The summed E-state index contributed by atoms with van der Waals surface area (Å²) in [5.41, 5.74) is 0. The van der Waals surface area contributed by atoms with Gasteiger partial charge >= 0.3 is 6.09 Å². The molecule has 1 saturated heterocycles. The summed E-state index contributed by atoms with van der Waals surface area (Å²) >= 11 is 0. The number of hydrogen-bond donors (Lipinski definition) is 0. The summed E-state index contributed by atoms with van der Waals surface area (Å²) in [6.07, 6.45) is -0.221. The molecule has 0 aromatic carbocycles. The van der Waals surface area contributed by atoms with Crippen molar-refractivity contribution in [2.45, 2.75) is 6.92 Å². The number of hydrogen-bond acceptors (Lipinski definition) is 4. The Hall–Kier alpha value is -1.26. The molecular weight excluding hydrogens is 182 g/mol. The predicted molar refractivity (Wildman–Crippen MR) is 52.5 cm³/mol. The summed E-state index contributed by atoms with van der Waals surface area (Å²) in [5, 5.41) is 0. The summed E-state index contributed by atoms with van der Waals surface area (Å²) in [6, 6.07) is 0. The second-order valence-corrected chi connectivity index (χ2v) is 3.41. The van der Waals surface area contributed by atoms with E-state index >= 15 is 0 Å². The molecule has 0 bridgehead atoms. The maximum Gasteiger partial charge on any atom is 0.410 e. The van der Waals surface area contributed by atoms with Gasteiger partial charge in [0.1, 0.15) is 5.84 Å². The third-order valence-electron chi connectivity index (χ3n) is 2.53. The van der Waals surface area contributed by atoms with Crippen molar-refractivity contribution in [1.82, 2.24) is 9.80 Å². The van der Waals surface area contributed by atoms with Crippen LogP contribution in [0.5, 0.6) is 0 Å². The number of carbonyl (C=O) groups excluding carboxylic acids is 1. The van der Waals surface area contributed by atoms with Gasteiger partial charge in [-0.3, -0.25) is 9.89 Å². The first-order valence-electron chi connectivity index (χ1n) is 5.01. The van der Waals surface area contributed by atoms with E-state index in [1.807, 2.05) is 6.92 Å². The van der Waals surface area contributed by atoms with E-state index in [2.05, 4.69) is 9.89 Å². The van der Waals surface area contributed by atoms with Gasteiger partial charge < -0.3 is 9.64 Å². The minimum Gasteiger partial charge on any atom is -0.450 e. The molecule has 2 heterocycles. The van der Waals surface area contributed by atoms with E-state index in [-0.39, 0.29) is 6.09 Å². The molecule has 14 heavy (non-hydrogen) atoms. The number of ether oxygens (including phenoxy) is 1. The van der Waals surface area contributed by atoms with Crippen molar-refractivity contribution < 1.29 is 9.53 Å². The average Bonchev–Trinajstić information content (AvgIpc) is 2.64. The molecule has 2 aliphatic rings. The van der Waals surface area contributed by atoms with Crippen LogP contribution in [0.2, 0.25) is 0 Å². The topological polar surface area (TPSA) is 45.1 Å². The smallest absolute Gasteiger partial charge is 0.410 e. The predicted octanol–water partition coefficient (Wildman–Crippen LogP) is 0.173. The van der Waals surface area contributed by atoms with Crippen LogP contribution in [0.15, 0.2) is 4.99 Å². The molecule has 1 amide bonds. The number of rotatable bonds is 1. The number of amides is 1. The van der Waals surface area contributed by atoms with Gasteiger partial charge in [-0.25, -0.2) is 4.79 Å². The molecule has 0 saturated carbocycles. The second kappa shape index (κ2) is 3.86. The zero-order valence-corrected chi connectivity index (χ0v) is 8.40. The zero-order chi connectivity index (χ0) is 9.97. The van der Waals surface area contributed by atoms with E-state index < -0.39 is 0 Å². The maximum absolute atomic E-state index is 11.4. The number of aliphatic imine (C=N–C) groups is 1. The van der Waals surface area contributed by atoms with Crippen LogP contribution in [-0.2, 0) is 4.74 Å². The summed E-state index contributed by atoms with van der Waals surface area (Å²) < 4.78 is 4.94. The number of carbonyl (C=O) groups is 1. The molecular formula is C9H15N3O2. The van der Waals surface area contributed by atoms with E-state index in [0.717, 1.165) is 32.0 Å². The molecule has 0 spiro atoms. The highest BCUT2D eigenvalue weighted by molar-refractivity contribution is 5.89. The third-order valence-corrected chi connectivity index (χ3v) is 2.53. The lowest BCUT2D eigenvalue weighted by atomic mass is 10.3. The van der Waals surface area contributed by atoms with Crippen LogP contribution in [0.25, 0.3) is 0 Å². The van der Waals surface area contributed by atoms with Gasteiger partial charge in [0.05, 0.1) is 19.7 Å². The highest BCUT2D eigenvalue weighted by atomic mass is 16.6. The molecule has 2 aliphatic heterocycles. The Morgan fingerprint density at radius 1 is 1.50 bits per heavy atom. The molecule has 0 atom stereocenters. The highest BCUT2D eigenvalue weighted by Gasteiger charge is 2.28. The average molecular weight is 197 g/mol. The molecule has 2 rings (SSSR count). The number of amidine groups is 1. The fraction of sp³-hybridized carbons (Fsp3) is 0.778. The van der Waals surface area contributed by atoms with Crippen LogP contribution in [0.1, 0.15) is 6.92 Å². The lowest BCUT2D eigenvalue weighted by molar-refractivity contribution is 0.105. The molecule has 0 aliphatic carbocycles. The molecule has 5 heteroatoms. The van der Waals surface area contributed by atoms with Crippen LogP contribution in [0.3, 0.4) is 0 Å². The first-order valence-corrected chi connectivity index (χ1v) is 5.01. The number of piperazine rings is 1. The van der Waals surface area contributed by atoms with Gasteiger partial charge in [-0.15, -0.1) is 0 Å². The van der Waals surface area contributed by atoms with Crippen molar-refractivity contribution in [3.05, 3.63) is 0 Å². The summed E-state index contributed by atoms with van der Waals surface area (Å²) in [6.45, 7) is 6.37. The maximum atomic E-state index is 11.4. The SMILES string of the molecule is CCOC(=O)N1CCN2CCN=C2C1. The quantitative estimate of drug-likeness (QED) is 0.602. The Kier molecular flexibility index (Phi) is 2.56. The largest absolute Gasteiger partial charge is 0.450 e. The van der Waals surface area contributed by atoms with E-state index in [9.17, 15) is 4.79 Å². The summed E-state index contributed by atoms with van der Waals surface area (Å²) in [5.74, 6) is 1.03. The normalized spacial score (nSPS) is 20.5. The molecule has 0 aromatic heterocycles. The summed E-state index contributed by atoms with van der Waals surface area (Å²) in [7, 11) is 0. The standard InChI is InChI=1S/C9H15N3O2/c1-2-14-9(13)12-6-5-11-4-3-10-8(11)7-12/h2-7H2,1H3. The fourth-order valence-electron chi connectivity index (χ4n) is 1.78. The lowest BCUT2D eigenvalue weighted by Gasteiger charge is -2.33. The van der Waals surface area contributed by atoms with E-state index in [1.54, 1.807) is 4.90 Å². The van der Waals surface area contributed by atoms with Gasteiger partial charge in [-0.2, -0.15) is 0 Å². The fourth-order valence-corrected chi connectivity index (χ4v) is 1.78. The summed E-state index contributed by atoms with van der Waals surface area (Å²) in [4.78, 5) is 19.7. The van der Waals surface area contributed by atoms with Crippen LogP contribution in [-0.4, -0.2) is 61.1 Å². The van der Waals surface area contributed by atoms with Crippen LogP contribution in [0.4, 0.5) is 4.79 Å². The second-order valence-electron chi connectivity index (χ2n) is 3.41. The molecule has 0 N–H and O–H groups in total. The van der Waals surface area contributed by atoms with Gasteiger partial charge in [0.25, 0.3) is 0 Å². The third kappa shape index (κ3) is 1.66. The van der Waals surface area contributed by atoms with Gasteiger partial charge in [0, 0.05) is 19.6 Å². The van der Waals surface area contributed by atoms with Crippen molar-refractivity contribution >= 4 is 11.9 Å². The van der Waals surface area contributed by atoms with Crippen LogP contribution >= 0.6 is 0 Å². The molecule has 0 radical (unpaired) electrons. The van der Waals surface area contributed by atoms with E-state index in [0.29, 0.717) is 13.2 Å². The minimum absolute atomic E-state index is 0.221. The molecule has 0 unspecified atom stereocenters. The Morgan fingerprint density at radius 3 is 3.14 bits per heavy atom. The van der Waals surface area contributed by atoms with Crippen LogP contribution in [0, 0.1) is 0 Å². The number of nitrogens with zero attached hydrogens (tertiary/aromatic N) is 3. The van der Waals surface area contributed by atoms with Crippen molar-refractivity contribution in [3.8, 4) is 0 Å². The molecule has 0 aromatic rings. The minimum atomic E-state index is -0.221. The monoisotopic (exact) mass is 197 g/mol. The Balaban J connectivity index is 1.94. The van der Waals surface area contributed by atoms with Gasteiger partial charge in [-0.05, 0) is 6.92 Å². The van der Waals surface area contributed by atoms with Crippen molar-refractivity contribution in [2.75, 3.05) is 39.3 Å². The van der Waals surface area contributed by atoms with Crippen LogP contribution < -0.4 is 0 Å². The van der Waals surface area contributed by atoms with Crippen molar-refractivity contribution in [3.63, 3.8) is 0 Å². The Bertz CT molecular complexity index is 265. The Morgan fingerprint density at radius 2 is 2.36 bits per heavy atom. The van der Waals surface area contributed by atoms with E-state index in [1.165, 1.54) is 0 Å². The first-order chi connectivity index (χ1) is 6.81.